The Hall–Kier alpha value is -2.05. The zero-order chi connectivity index (χ0) is 15.4. The third-order valence-corrected chi connectivity index (χ3v) is 3.88. The van der Waals surface area contributed by atoms with Gasteiger partial charge in [-0.3, -0.25) is 4.79 Å². The first-order chi connectivity index (χ1) is 10.0. The second-order valence-corrected chi connectivity index (χ2v) is 5.10. The van der Waals surface area contributed by atoms with Crippen LogP contribution < -0.4 is 14.4 Å². The maximum absolute atomic E-state index is 11.4. The van der Waals surface area contributed by atoms with Gasteiger partial charge in [0, 0.05) is 33.1 Å². The standard InChI is InChI=1S/C14H22N4O3/c1-10(19)17(2)11-5-7-18(8-6-11)14-15-12(20-3)9-13(16-14)21-4/h9,11H,5-8H2,1-4H3. The molecule has 7 nitrogen and oxygen atoms in total. The van der Waals surface area contributed by atoms with E-state index in [9.17, 15) is 4.79 Å². The van der Waals surface area contributed by atoms with Gasteiger partial charge in [-0.2, -0.15) is 9.97 Å². The molecule has 0 aromatic carbocycles. The number of hydrogen-bond donors (Lipinski definition) is 0. The molecule has 1 aromatic rings. The molecule has 2 rings (SSSR count). The molecular weight excluding hydrogens is 272 g/mol. The Morgan fingerprint density at radius 1 is 1.24 bits per heavy atom. The van der Waals surface area contributed by atoms with Crippen LogP contribution in [0.25, 0.3) is 0 Å². The van der Waals surface area contributed by atoms with E-state index in [0.717, 1.165) is 25.9 Å². The lowest BCUT2D eigenvalue weighted by atomic mass is 10.0. The van der Waals surface area contributed by atoms with Gasteiger partial charge in [0.25, 0.3) is 0 Å². The van der Waals surface area contributed by atoms with Crippen molar-refractivity contribution in [2.75, 3.05) is 39.3 Å². The molecule has 1 amide bonds. The monoisotopic (exact) mass is 294 g/mol. The van der Waals surface area contributed by atoms with Crippen molar-refractivity contribution < 1.29 is 14.3 Å². The normalized spacial score (nSPS) is 15.7. The molecule has 0 aliphatic carbocycles. The van der Waals surface area contributed by atoms with Gasteiger partial charge in [0.15, 0.2) is 0 Å². The molecular formula is C14H22N4O3. The van der Waals surface area contributed by atoms with Gasteiger partial charge < -0.3 is 19.3 Å². The number of aromatic nitrogens is 2. The number of carbonyl (C=O) groups excluding carboxylic acids is 1. The van der Waals surface area contributed by atoms with Crippen molar-refractivity contribution in [3.63, 3.8) is 0 Å². The summed E-state index contributed by atoms with van der Waals surface area (Å²) in [6, 6.07) is 1.94. The molecule has 2 heterocycles. The molecule has 1 aromatic heterocycles. The summed E-state index contributed by atoms with van der Waals surface area (Å²) < 4.78 is 10.3. The second kappa shape index (κ2) is 6.60. The van der Waals surface area contributed by atoms with Crippen LogP contribution in [0.15, 0.2) is 6.07 Å². The highest BCUT2D eigenvalue weighted by molar-refractivity contribution is 5.73. The van der Waals surface area contributed by atoms with Gasteiger partial charge in [0.2, 0.25) is 23.6 Å². The number of piperidine rings is 1. The molecule has 0 atom stereocenters. The minimum Gasteiger partial charge on any atom is -0.481 e. The molecule has 1 aliphatic rings. The third-order valence-electron chi connectivity index (χ3n) is 3.88. The Balaban J connectivity index is 2.06. The van der Waals surface area contributed by atoms with Crippen LogP contribution in [0, 0.1) is 0 Å². The maximum atomic E-state index is 11.4. The summed E-state index contributed by atoms with van der Waals surface area (Å²) in [6.45, 7) is 3.21. The van der Waals surface area contributed by atoms with E-state index in [4.69, 9.17) is 9.47 Å². The summed E-state index contributed by atoms with van der Waals surface area (Å²) in [5.41, 5.74) is 0. The lowest BCUT2D eigenvalue weighted by molar-refractivity contribution is -0.129. The zero-order valence-electron chi connectivity index (χ0n) is 13.0. The predicted octanol–water partition coefficient (Wildman–Crippen LogP) is 0.941. The van der Waals surface area contributed by atoms with Crippen molar-refractivity contribution in [3.8, 4) is 11.8 Å². The molecule has 21 heavy (non-hydrogen) atoms. The molecule has 0 unspecified atom stereocenters. The van der Waals surface area contributed by atoms with Crippen molar-refractivity contribution in [1.29, 1.82) is 0 Å². The van der Waals surface area contributed by atoms with Crippen LogP contribution in [-0.2, 0) is 4.79 Å². The van der Waals surface area contributed by atoms with E-state index >= 15 is 0 Å². The van der Waals surface area contributed by atoms with Crippen molar-refractivity contribution in [1.82, 2.24) is 14.9 Å². The zero-order valence-corrected chi connectivity index (χ0v) is 13.0. The number of anilines is 1. The first kappa shape index (κ1) is 15.3. The van der Waals surface area contributed by atoms with Gasteiger partial charge in [0.05, 0.1) is 20.3 Å². The average molecular weight is 294 g/mol. The number of ether oxygens (including phenoxy) is 2. The van der Waals surface area contributed by atoms with Gasteiger partial charge in [-0.25, -0.2) is 0 Å². The molecule has 1 saturated heterocycles. The van der Waals surface area contributed by atoms with E-state index in [1.807, 2.05) is 11.9 Å². The van der Waals surface area contributed by atoms with E-state index in [0.29, 0.717) is 17.7 Å². The highest BCUT2D eigenvalue weighted by Gasteiger charge is 2.25. The first-order valence-corrected chi connectivity index (χ1v) is 7.00. The summed E-state index contributed by atoms with van der Waals surface area (Å²) in [6.07, 6.45) is 1.80. The number of hydrogen-bond acceptors (Lipinski definition) is 6. The van der Waals surface area contributed by atoms with Gasteiger partial charge in [0.1, 0.15) is 0 Å². The van der Waals surface area contributed by atoms with Crippen LogP contribution in [0.5, 0.6) is 11.8 Å². The minimum absolute atomic E-state index is 0.104. The molecule has 0 spiro atoms. The van der Waals surface area contributed by atoms with E-state index in [2.05, 4.69) is 14.9 Å². The van der Waals surface area contributed by atoms with E-state index in [-0.39, 0.29) is 11.9 Å². The molecule has 116 valence electrons. The van der Waals surface area contributed by atoms with E-state index < -0.39 is 0 Å². The maximum Gasteiger partial charge on any atom is 0.231 e. The van der Waals surface area contributed by atoms with Gasteiger partial charge >= 0.3 is 0 Å². The number of carbonyl (C=O) groups is 1. The van der Waals surface area contributed by atoms with Crippen molar-refractivity contribution in [2.45, 2.75) is 25.8 Å². The van der Waals surface area contributed by atoms with Crippen LogP contribution in [-0.4, -0.2) is 61.2 Å². The molecule has 0 saturated carbocycles. The van der Waals surface area contributed by atoms with Crippen LogP contribution in [0.2, 0.25) is 0 Å². The Labute approximate surface area is 124 Å². The quantitative estimate of drug-likeness (QED) is 0.823. The summed E-state index contributed by atoms with van der Waals surface area (Å²) >= 11 is 0. The van der Waals surface area contributed by atoms with Crippen LogP contribution in [0.4, 0.5) is 5.95 Å². The van der Waals surface area contributed by atoms with Gasteiger partial charge in [-0.15, -0.1) is 0 Å². The van der Waals surface area contributed by atoms with E-state index in [1.54, 1.807) is 27.2 Å². The van der Waals surface area contributed by atoms with Gasteiger partial charge in [-0.1, -0.05) is 0 Å². The Kier molecular flexibility index (Phi) is 4.82. The lowest BCUT2D eigenvalue weighted by Crippen LogP contribution is -2.45. The SMILES string of the molecule is COc1cc(OC)nc(N2CCC(N(C)C(C)=O)CC2)n1. The molecule has 0 radical (unpaired) electrons. The Morgan fingerprint density at radius 2 is 1.76 bits per heavy atom. The third kappa shape index (κ3) is 3.53. The number of nitrogens with zero attached hydrogens (tertiary/aromatic N) is 4. The summed E-state index contributed by atoms with van der Waals surface area (Å²) in [4.78, 5) is 24.0. The van der Waals surface area contributed by atoms with Gasteiger partial charge in [-0.05, 0) is 12.8 Å². The lowest BCUT2D eigenvalue weighted by Gasteiger charge is -2.36. The number of amides is 1. The number of methoxy groups -OCH3 is 2. The van der Waals surface area contributed by atoms with Crippen LogP contribution in [0.3, 0.4) is 0 Å². The fraction of sp³-hybridized carbons (Fsp3) is 0.643. The predicted molar refractivity (Wildman–Crippen MR) is 78.8 cm³/mol. The molecule has 0 bridgehead atoms. The summed E-state index contributed by atoms with van der Waals surface area (Å²) in [5, 5.41) is 0. The molecule has 1 fully saturated rings. The fourth-order valence-corrected chi connectivity index (χ4v) is 2.45. The Morgan fingerprint density at radius 3 is 2.19 bits per heavy atom. The molecule has 1 aliphatic heterocycles. The Bertz CT molecular complexity index is 479. The topological polar surface area (TPSA) is 67.8 Å². The van der Waals surface area contributed by atoms with Crippen LogP contribution >= 0.6 is 0 Å². The average Bonchev–Trinajstić information content (AvgIpc) is 2.53. The highest BCUT2D eigenvalue weighted by atomic mass is 16.5. The first-order valence-electron chi connectivity index (χ1n) is 7.00. The minimum atomic E-state index is 0.104. The number of rotatable bonds is 4. The van der Waals surface area contributed by atoms with Crippen LogP contribution in [0.1, 0.15) is 19.8 Å². The smallest absolute Gasteiger partial charge is 0.231 e. The van der Waals surface area contributed by atoms with Crippen molar-refractivity contribution in [3.05, 3.63) is 6.07 Å². The fourth-order valence-electron chi connectivity index (χ4n) is 2.45. The van der Waals surface area contributed by atoms with Crippen molar-refractivity contribution in [2.24, 2.45) is 0 Å². The van der Waals surface area contributed by atoms with E-state index in [1.165, 1.54) is 0 Å². The highest BCUT2D eigenvalue weighted by Crippen LogP contribution is 2.24. The largest absolute Gasteiger partial charge is 0.481 e. The molecule has 0 N–H and O–H groups in total. The summed E-state index contributed by atoms with van der Waals surface area (Å²) in [5.74, 6) is 1.68. The molecule has 7 heteroatoms. The summed E-state index contributed by atoms with van der Waals surface area (Å²) in [7, 11) is 4.99. The van der Waals surface area contributed by atoms with Crippen molar-refractivity contribution >= 4 is 11.9 Å². The second-order valence-electron chi connectivity index (χ2n) is 5.10.